The summed E-state index contributed by atoms with van der Waals surface area (Å²) in [6.07, 6.45) is 0.595. The van der Waals surface area contributed by atoms with Gasteiger partial charge >= 0.3 is 0 Å². The van der Waals surface area contributed by atoms with Gasteiger partial charge in [-0.25, -0.2) is 8.78 Å². The first-order valence-corrected chi connectivity index (χ1v) is 7.59. The Morgan fingerprint density at radius 1 is 1.00 bits per heavy atom. The quantitative estimate of drug-likeness (QED) is 0.795. The largest absolute Gasteiger partial charge is 0.493 e. The Bertz CT molecular complexity index is 737. The maximum Gasteiger partial charge on any atom is 0.257 e. The Morgan fingerprint density at radius 2 is 1.76 bits per heavy atom. The summed E-state index contributed by atoms with van der Waals surface area (Å²) in [4.78, 5) is 11.7. The smallest absolute Gasteiger partial charge is 0.257 e. The van der Waals surface area contributed by atoms with Crippen LogP contribution in [0.1, 0.15) is 5.56 Å². The third-order valence-electron chi connectivity index (χ3n) is 3.44. The highest BCUT2D eigenvalue weighted by Crippen LogP contribution is 2.27. The van der Waals surface area contributed by atoms with E-state index in [2.05, 4.69) is 5.32 Å². The molecule has 0 bridgehead atoms. The van der Waals surface area contributed by atoms with Crippen LogP contribution >= 0.6 is 0 Å². The maximum absolute atomic E-state index is 13.0. The summed E-state index contributed by atoms with van der Waals surface area (Å²) in [5.74, 6) is -1.000. The van der Waals surface area contributed by atoms with Gasteiger partial charge in [-0.2, -0.15) is 0 Å². The standard InChI is InChI=1S/C18H19F2NO4/c1-23-16-6-3-12(9-17(16)24-2)7-8-21-18(22)11-25-13-4-5-14(19)15(20)10-13/h3-6,9-10H,7-8,11H2,1-2H3,(H,21,22). The van der Waals surface area contributed by atoms with E-state index in [0.29, 0.717) is 24.5 Å². The molecule has 134 valence electrons. The van der Waals surface area contributed by atoms with Gasteiger partial charge in [0.25, 0.3) is 5.91 Å². The molecule has 0 radical (unpaired) electrons. The van der Waals surface area contributed by atoms with Gasteiger partial charge in [0.15, 0.2) is 29.7 Å². The van der Waals surface area contributed by atoms with Crippen LogP contribution in [-0.2, 0) is 11.2 Å². The molecule has 0 unspecified atom stereocenters. The number of hydrogen-bond donors (Lipinski definition) is 1. The second-order valence-electron chi connectivity index (χ2n) is 5.15. The van der Waals surface area contributed by atoms with Crippen molar-refractivity contribution in [1.29, 1.82) is 0 Å². The van der Waals surface area contributed by atoms with Crippen LogP contribution in [0.2, 0.25) is 0 Å². The lowest BCUT2D eigenvalue weighted by atomic mass is 10.1. The van der Waals surface area contributed by atoms with Crippen LogP contribution in [0.25, 0.3) is 0 Å². The second kappa shape index (κ2) is 8.86. The molecule has 1 amide bonds. The van der Waals surface area contributed by atoms with Gasteiger partial charge in [0.1, 0.15) is 5.75 Å². The van der Waals surface area contributed by atoms with Gasteiger partial charge in [-0.15, -0.1) is 0 Å². The predicted octanol–water partition coefficient (Wildman–Crippen LogP) is 2.72. The third-order valence-corrected chi connectivity index (χ3v) is 3.44. The first kappa shape index (κ1) is 18.5. The molecule has 25 heavy (non-hydrogen) atoms. The molecule has 2 aromatic rings. The Morgan fingerprint density at radius 3 is 2.44 bits per heavy atom. The summed E-state index contributed by atoms with van der Waals surface area (Å²) in [6.45, 7) is 0.118. The highest BCUT2D eigenvalue weighted by Gasteiger charge is 2.07. The van der Waals surface area contributed by atoms with Gasteiger partial charge in [0, 0.05) is 12.6 Å². The van der Waals surface area contributed by atoms with Crippen LogP contribution in [-0.4, -0.2) is 33.3 Å². The van der Waals surface area contributed by atoms with Crippen molar-refractivity contribution in [2.45, 2.75) is 6.42 Å². The number of hydrogen-bond acceptors (Lipinski definition) is 4. The summed E-state index contributed by atoms with van der Waals surface area (Å²) in [7, 11) is 3.11. The molecule has 0 aromatic heterocycles. The number of carbonyl (C=O) groups excluding carboxylic acids is 1. The van der Waals surface area contributed by atoms with Crippen molar-refractivity contribution in [2.75, 3.05) is 27.4 Å². The van der Waals surface area contributed by atoms with Crippen molar-refractivity contribution >= 4 is 5.91 Å². The number of rotatable bonds is 8. The maximum atomic E-state index is 13.0. The van der Waals surface area contributed by atoms with Crippen LogP contribution in [0, 0.1) is 11.6 Å². The highest BCUT2D eigenvalue weighted by atomic mass is 19.2. The van der Waals surface area contributed by atoms with E-state index in [9.17, 15) is 13.6 Å². The zero-order valence-corrected chi connectivity index (χ0v) is 14.0. The van der Waals surface area contributed by atoms with E-state index < -0.39 is 11.6 Å². The van der Waals surface area contributed by atoms with E-state index in [1.165, 1.54) is 6.07 Å². The van der Waals surface area contributed by atoms with E-state index in [1.54, 1.807) is 20.3 Å². The van der Waals surface area contributed by atoms with Crippen LogP contribution in [0.15, 0.2) is 36.4 Å². The third kappa shape index (κ3) is 5.34. The molecule has 0 saturated carbocycles. The molecule has 0 heterocycles. The van der Waals surface area contributed by atoms with Crippen molar-refractivity contribution in [2.24, 2.45) is 0 Å². The SMILES string of the molecule is COc1ccc(CCNC(=O)COc2ccc(F)c(F)c2)cc1OC. The fourth-order valence-electron chi connectivity index (χ4n) is 2.15. The molecule has 0 aliphatic heterocycles. The van der Waals surface area contributed by atoms with Crippen LogP contribution in [0.4, 0.5) is 8.78 Å². The molecular weight excluding hydrogens is 332 g/mol. The van der Waals surface area contributed by atoms with E-state index in [4.69, 9.17) is 14.2 Å². The first-order chi connectivity index (χ1) is 12.0. The molecule has 0 aliphatic carbocycles. The minimum absolute atomic E-state index is 0.0916. The average molecular weight is 351 g/mol. The molecule has 0 fully saturated rings. The molecule has 0 aliphatic rings. The van der Waals surface area contributed by atoms with Crippen molar-refractivity contribution in [3.8, 4) is 17.2 Å². The molecular formula is C18H19F2NO4. The minimum atomic E-state index is -1.02. The predicted molar refractivity (Wildman–Crippen MR) is 88.1 cm³/mol. The van der Waals surface area contributed by atoms with Gasteiger partial charge in [-0.1, -0.05) is 6.07 Å². The van der Waals surface area contributed by atoms with Gasteiger partial charge in [-0.05, 0) is 36.2 Å². The molecule has 0 saturated heterocycles. The Kier molecular flexibility index (Phi) is 6.56. The lowest BCUT2D eigenvalue weighted by Gasteiger charge is -2.10. The van der Waals surface area contributed by atoms with Crippen molar-refractivity contribution < 1.29 is 27.8 Å². The fourth-order valence-corrected chi connectivity index (χ4v) is 2.15. The summed E-state index contributed by atoms with van der Waals surface area (Å²) < 4.78 is 41.3. The fraction of sp³-hybridized carbons (Fsp3) is 0.278. The van der Waals surface area contributed by atoms with Crippen molar-refractivity contribution in [3.05, 3.63) is 53.6 Å². The Labute approximate surface area is 144 Å². The first-order valence-electron chi connectivity index (χ1n) is 7.59. The number of halogens is 2. The molecule has 0 spiro atoms. The number of amides is 1. The molecule has 5 nitrogen and oxygen atoms in total. The molecule has 1 N–H and O–H groups in total. The van der Waals surface area contributed by atoms with Gasteiger partial charge in [-0.3, -0.25) is 4.79 Å². The molecule has 7 heteroatoms. The van der Waals surface area contributed by atoms with Gasteiger partial charge in [0.05, 0.1) is 14.2 Å². The normalized spacial score (nSPS) is 10.2. The number of benzene rings is 2. The molecule has 0 atom stereocenters. The van der Waals surface area contributed by atoms with Gasteiger partial charge in [0.2, 0.25) is 0 Å². The highest BCUT2D eigenvalue weighted by molar-refractivity contribution is 5.77. The zero-order valence-electron chi connectivity index (χ0n) is 14.0. The average Bonchev–Trinajstić information content (AvgIpc) is 2.62. The number of nitrogens with one attached hydrogen (secondary N) is 1. The molecule has 2 aromatic carbocycles. The zero-order chi connectivity index (χ0) is 18.2. The topological polar surface area (TPSA) is 56.8 Å². The van der Waals surface area contributed by atoms with E-state index in [0.717, 1.165) is 17.7 Å². The number of methoxy groups -OCH3 is 2. The summed E-state index contributed by atoms with van der Waals surface area (Å²) in [5.41, 5.74) is 0.972. The Balaban J connectivity index is 1.77. The van der Waals surface area contributed by atoms with E-state index in [-0.39, 0.29) is 18.3 Å². The number of ether oxygens (including phenoxy) is 3. The molecule has 2 rings (SSSR count). The van der Waals surface area contributed by atoms with Crippen molar-refractivity contribution in [1.82, 2.24) is 5.32 Å². The Hall–Kier alpha value is -2.83. The van der Waals surface area contributed by atoms with E-state index >= 15 is 0 Å². The van der Waals surface area contributed by atoms with Crippen molar-refractivity contribution in [3.63, 3.8) is 0 Å². The summed E-state index contributed by atoms with van der Waals surface area (Å²) in [5, 5.41) is 2.69. The van der Waals surface area contributed by atoms with E-state index in [1.807, 2.05) is 12.1 Å². The summed E-state index contributed by atoms with van der Waals surface area (Å²) >= 11 is 0. The lowest BCUT2D eigenvalue weighted by molar-refractivity contribution is -0.123. The summed E-state index contributed by atoms with van der Waals surface area (Å²) in [6, 6.07) is 8.61. The number of carbonyl (C=O) groups is 1. The van der Waals surface area contributed by atoms with Crippen LogP contribution in [0.3, 0.4) is 0 Å². The second-order valence-corrected chi connectivity index (χ2v) is 5.15. The lowest BCUT2D eigenvalue weighted by Crippen LogP contribution is -2.30. The van der Waals surface area contributed by atoms with Gasteiger partial charge < -0.3 is 19.5 Å². The van der Waals surface area contributed by atoms with Crippen LogP contribution in [0.5, 0.6) is 17.2 Å². The minimum Gasteiger partial charge on any atom is -0.493 e. The van der Waals surface area contributed by atoms with Crippen LogP contribution < -0.4 is 19.5 Å². The monoisotopic (exact) mass is 351 g/mol.